The average molecular weight is 318 g/mol. The van der Waals surface area contributed by atoms with Crippen LogP contribution in [0.2, 0.25) is 5.02 Å². The standard InChI is InChI=1S/C12H11BrClFN2/c13-9-5-8(15)6-10(14)11(9)17-7-12(1-2-12)3-4-16/h5-6,17H,1-3,7H2. The number of nitrogens with zero attached hydrogens (tertiary/aromatic N) is 1. The summed E-state index contributed by atoms with van der Waals surface area (Å²) in [7, 11) is 0. The molecular weight excluding hydrogens is 307 g/mol. The molecule has 0 aliphatic heterocycles. The van der Waals surface area contributed by atoms with Crippen LogP contribution in [0.4, 0.5) is 10.1 Å². The minimum absolute atomic E-state index is 0.0892. The second-order valence-electron chi connectivity index (χ2n) is 4.43. The zero-order valence-corrected chi connectivity index (χ0v) is 11.4. The van der Waals surface area contributed by atoms with Gasteiger partial charge in [0.1, 0.15) is 5.82 Å². The third kappa shape index (κ3) is 2.91. The highest BCUT2D eigenvalue weighted by atomic mass is 79.9. The van der Waals surface area contributed by atoms with E-state index in [-0.39, 0.29) is 11.2 Å². The molecule has 2 rings (SSSR count). The van der Waals surface area contributed by atoms with Crippen LogP contribution in [0.1, 0.15) is 19.3 Å². The number of nitriles is 1. The molecule has 0 unspecified atom stereocenters. The van der Waals surface area contributed by atoms with Gasteiger partial charge in [0.15, 0.2) is 0 Å². The highest BCUT2D eigenvalue weighted by molar-refractivity contribution is 9.10. The molecule has 0 amide bonds. The van der Waals surface area contributed by atoms with E-state index >= 15 is 0 Å². The van der Waals surface area contributed by atoms with Crippen LogP contribution in [0.15, 0.2) is 16.6 Å². The van der Waals surface area contributed by atoms with Crippen molar-refractivity contribution in [1.29, 1.82) is 5.26 Å². The van der Waals surface area contributed by atoms with Gasteiger partial charge in [-0.1, -0.05) is 11.6 Å². The topological polar surface area (TPSA) is 35.8 Å². The Balaban J connectivity index is 2.07. The molecule has 0 heterocycles. The first-order valence-corrected chi connectivity index (χ1v) is 6.49. The van der Waals surface area contributed by atoms with E-state index in [1.807, 2.05) is 0 Å². The van der Waals surface area contributed by atoms with E-state index in [2.05, 4.69) is 27.3 Å². The lowest BCUT2D eigenvalue weighted by atomic mass is 10.0. The first-order valence-electron chi connectivity index (χ1n) is 5.32. The Hall–Kier alpha value is -0.790. The van der Waals surface area contributed by atoms with Crippen molar-refractivity contribution >= 4 is 33.2 Å². The summed E-state index contributed by atoms with van der Waals surface area (Å²) in [6, 6.07) is 4.85. The molecular formula is C12H11BrClFN2. The second-order valence-corrected chi connectivity index (χ2v) is 5.69. The van der Waals surface area contributed by atoms with E-state index in [1.54, 1.807) is 0 Å². The molecule has 0 spiro atoms. The van der Waals surface area contributed by atoms with Gasteiger partial charge in [-0.3, -0.25) is 0 Å². The van der Waals surface area contributed by atoms with Crippen molar-refractivity contribution < 1.29 is 4.39 Å². The van der Waals surface area contributed by atoms with Crippen molar-refractivity contribution in [3.63, 3.8) is 0 Å². The fourth-order valence-electron chi connectivity index (χ4n) is 1.75. The van der Waals surface area contributed by atoms with Gasteiger partial charge in [-0.2, -0.15) is 5.26 Å². The Labute approximate surface area is 113 Å². The summed E-state index contributed by atoms with van der Waals surface area (Å²) >= 11 is 9.24. The third-order valence-corrected chi connectivity index (χ3v) is 3.98. The number of nitrogens with one attached hydrogen (secondary N) is 1. The third-order valence-electron chi connectivity index (χ3n) is 3.06. The maximum absolute atomic E-state index is 13.0. The minimum atomic E-state index is -0.370. The smallest absolute Gasteiger partial charge is 0.125 e. The highest BCUT2D eigenvalue weighted by Gasteiger charge is 2.42. The molecule has 0 saturated heterocycles. The lowest BCUT2D eigenvalue weighted by molar-refractivity contribution is 0.557. The van der Waals surface area contributed by atoms with Crippen molar-refractivity contribution in [3.05, 3.63) is 27.4 Å². The molecule has 2 nitrogen and oxygen atoms in total. The van der Waals surface area contributed by atoms with Crippen LogP contribution in [-0.4, -0.2) is 6.54 Å². The van der Waals surface area contributed by atoms with Gasteiger partial charge in [-0.25, -0.2) is 4.39 Å². The Morgan fingerprint density at radius 2 is 2.24 bits per heavy atom. The van der Waals surface area contributed by atoms with Gasteiger partial charge in [0.25, 0.3) is 0 Å². The summed E-state index contributed by atoms with van der Waals surface area (Å²) in [4.78, 5) is 0. The predicted molar refractivity (Wildman–Crippen MR) is 69.5 cm³/mol. The molecule has 5 heteroatoms. The number of benzene rings is 1. The van der Waals surface area contributed by atoms with Crippen LogP contribution in [0.3, 0.4) is 0 Å². The average Bonchev–Trinajstić information content (AvgIpc) is 2.97. The number of hydrogen-bond donors (Lipinski definition) is 1. The van der Waals surface area contributed by atoms with E-state index in [0.717, 1.165) is 12.8 Å². The van der Waals surface area contributed by atoms with Crippen LogP contribution in [0.5, 0.6) is 0 Å². The molecule has 0 radical (unpaired) electrons. The van der Waals surface area contributed by atoms with Crippen LogP contribution in [0.25, 0.3) is 0 Å². The zero-order valence-electron chi connectivity index (χ0n) is 9.06. The van der Waals surface area contributed by atoms with Gasteiger partial charge in [-0.05, 0) is 40.9 Å². The van der Waals surface area contributed by atoms with E-state index in [0.29, 0.717) is 28.1 Å². The summed E-state index contributed by atoms with van der Waals surface area (Å²) in [5.41, 5.74) is 0.781. The molecule has 1 aliphatic carbocycles. The van der Waals surface area contributed by atoms with Gasteiger partial charge in [0, 0.05) is 22.9 Å². The molecule has 1 aromatic carbocycles. The highest BCUT2D eigenvalue weighted by Crippen LogP contribution is 2.49. The van der Waals surface area contributed by atoms with Gasteiger partial charge in [-0.15, -0.1) is 0 Å². The monoisotopic (exact) mass is 316 g/mol. The Morgan fingerprint density at radius 1 is 1.53 bits per heavy atom. The molecule has 0 atom stereocenters. The Morgan fingerprint density at radius 3 is 2.76 bits per heavy atom. The molecule has 17 heavy (non-hydrogen) atoms. The first kappa shape index (κ1) is 12.7. The lowest BCUT2D eigenvalue weighted by Crippen LogP contribution is -2.15. The number of halogens is 3. The quantitative estimate of drug-likeness (QED) is 0.896. The minimum Gasteiger partial charge on any atom is -0.382 e. The number of hydrogen-bond acceptors (Lipinski definition) is 2. The Bertz CT molecular complexity index is 457. The summed E-state index contributed by atoms with van der Waals surface area (Å²) < 4.78 is 13.6. The lowest BCUT2D eigenvalue weighted by Gasteiger charge is -2.15. The van der Waals surface area contributed by atoms with Crippen molar-refractivity contribution in [2.24, 2.45) is 5.41 Å². The number of anilines is 1. The van der Waals surface area contributed by atoms with E-state index in [1.165, 1.54) is 12.1 Å². The molecule has 1 aromatic rings. The van der Waals surface area contributed by atoms with Crippen LogP contribution in [-0.2, 0) is 0 Å². The van der Waals surface area contributed by atoms with Crippen LogP contribution < -0.4 is 5.32 Å². The van der Waals surface area contributed by atoms with E-state index in [4.69, 9.17) is 16.9 Å². The number of rotatable bonds is 4. The fourth-order valence-corrected chi connectivity index (χ4v) is 2.71. The second kappa shape index (κ2) is 4.83. The van der Waals surface area contributed by atoms with Crippen molar-refractivity contribution in [2.45, 2.75) is 19.3 Å². The SMILES string of the molecule is N#CCC1(CNc2c(Cl)cc(F)cc2Br)CC1. The largest absolute Gasteiger partial charge is 0.382 e. The normalized spacial score (nSPS) is 16.4. The van der Waals surface area contributed by atoms with Gasteiger partial charge in [0.05, 0.1) is 16.8 Å². The first-order chi connectivity index (χ1) is 8.06. The van der Waals surface area contributed by atoms with Crippen LogP contribution in [0, 0.1) is 22.6 Å². The maximum Gasteiger partial charge on any atom is 0.125 e. The maximum atomic E-state index is 13.0. The summed E-state index contributed by atoms with van der Waals surface area (Å²) in [6.45, 7) is 0.699. The van der Waals surface area contributed by atoms with Gasteiger partial charge in [0.2, 0.25) is 0 Å². The molecule has 1 saturated carbocycles. The molecule has 1 fully saturated rings. The molecule has 0 bridgehead atoms. The summed E-state index contributed by atoms with van der Waals surface area (Å²) in [5, 5.41) is 12.3. The van der Waals surface area contributed by atoms with Crippen molar-refractivity contribution in [1.82, 2.24) is 0 Å². The van der Waals surface area contributed by atoms with Gasteiger partial charge < -0.3 is 5.32 Å². The molecule has 1 aliphatic rings. The van der Waals surface area contributed by atoms with Crippen LogP contribution >= 0.6 is 27.5 Å². The zero-order chi connectivity index (χ0) is 12.5. The van der Waals surface area contributed by atoms with E-state index < -0.39 is 0 Å². The van der Waals surface area contributed by atoms with E-state index in [9.17, 15) is 4.39 Å². The summed E-state index contributed by atoms with van der Waals surface area (Å²) in [6.07, 6.45) is 2.67. The predicted octanol–water partition coefficient (Wildman–Crippen LogP) is 4.35. The molecule has 0 aromatic heterocycles. The fraction of sp³-hybridized carbons (Fsp3) is 0.417. The molecule has 90 valence electrons. The summed E-state index contributed by atoms with van der Waals surface area (Å²) in [5.74, 6) is -0.370. The van der Waals surface area contributed by atoms with Gasteiger partial charge >= 0.3 is 0 Å². The molecule has 1 N–H and O–H groups in total. The Kier molecular flexibility index (Phi) is 3.60. The van der Waals surface area contributed by atoms with Crippen molar-refractivity contribution in [3.8, 4) is 6.07 Å². The van der Waals surface area contributed by atoms with Crippen molar-refractivity contribution in [2.75, 3.05) is 11.9 Å².